The van der Waals surface area contributed by atoms with Crippen LogP contribution in [0.4, 0.5) is 4.39 Å². The molecule has 27 heavy (non-hydrogen) atoms. The number of aromatic nitrogens is 2. The number of carboxylic acid groups (broad SMARTS) is 1. The van der Waals surface area contributed by atoms with Gasteiger partial charge in [-0.2, -0.15) is 9.40 Å². The van der Waals surface area contributed by atoms with Gasteiger partial charge in [0, 0.05) is 39.8 Å². The number of carbonyl (C=O) groups is 1. The molecule has 1 fully saturated rings. The Morgan fingerprint density at radius 1 is 1.26 bits per heavy atom. The van der Waals surface area contributed by atoms with E-state index in [9.17, 15) is 22.7 Å². The Morgan fingerprint density at radius 3 is 2.52 bits per heavy atom. The van der Waals surface area contributed by atoms with Gasteiger partial charge in [-0.1, -0.05) is 6.07 Å². The molecule has 1 aromatic carbocycles. The molecule has 2 heterocycles. The number of sulfonamides is 1. The van der Waals surface area contributed by atoms with E-state index in [1.165, 1.54) is 27.3 Å². The van der Waals surface area contributed by atoms with Crippen molar-refractivity contribution in [2.45, 2.75) is 18.4 Å². The van der Waals surface area contributed by atoms with E-state index in [0.29, 0.717) is 30.9 Å². The first-order chi connectivity index (χ1) is 12.7. The van der Waals surface area contributed by atoms with Gasteiger partial charge in [0.1, 0.15) is 16.3 Å². The summed E-state index contributed by atoms with van der Waals surface area (Å²) in [4.78, 5) is 12.9. The van der Waals surface area contributed by atoms with E-state index in [1.54, 1.807) is 20.0 Å². The number of piperazine rings is 1. The van der Waals surface area contributed by atoms with Crippen molar-refractivity contribution in [3.05, 3.63) is 47.0 Å². The minimum absolute atomic E-state index is 0.134. The normalized spacial score (nSPS) is 16.6. The van der Waals surface area contributed by atoms with E-state index >= 15 is 0 Å². The van der Waals surface area contributed by atoms with E-state index in [0.717, 1.165) is 0 Å². The van der Waals surface area contributed by atoms with Crippen LogP contribution >= 0.6 is 0 Å². The quantitative estimate of drug-likeness (QED) is 0.812. The zero-order chi connectivity index (χ0) is 19.8. The fourth-order valence-electron chi connectivity index (χ4n) is 3.12. The Bertz CT molecular complexity index is 965. The molecule has 8 nitrogen and oxygen atoms in total. The van der Waals surface area contributed by atoms with E-state index < -0.39 is 21.8 Å². The molecule has 0 spiro atoms. The van der Waals surface area contributed by atoms with Gasteiger partial charge in [-0.3, -0.25) is 9.58 Å². The van der Waals surface area contributed by atoms with Crippen molar-refractivity contribution in [3.8, 4) is 0 Å². The number of carboxylic acids is 1. The van der Waals surface area contributed by atoms with Crippen LogP contribution in [0, 0.1) is 12.7 Å². The van der Waals surface area contributed by atoms with Crippen LogP contribution in [0.1, 0.15) is 21.6 Å². The molecule has 0 amide bonds. The molecule has 0 unspecified atom stereocenters. The predicted octanol–water partition coefficient (Wildman–Crippen LogP) is 1.07. The minimum Gasteiger partial charge on any atom is -0.478 e. The molecule has 1 aromatic heterocycles. The van der Waals surface area contributed by atoms with Crippen LogP contribution < -0.4 is 0 Å². The zero-order valence-corrected chi connectivity index (χ0v) is 15.9. The van der Waals surface area contributed by atoms with Gasteiger partial charge in [-0.05, 0) is 24.6 Å². The van der Waals surface area contributed by atoms with Crippen molar-refractivity contribution in [2.75, 3.05) is 26.2 Å². The maximum absolute atomic E-state index is 14.1. The van der Waals surface area contributed by atoms with Crippen molar-refractivity contribution >= 4 is 16.0 Å². The predicted molar refractivity (Wildman–Crippen MR) is 95.3 cm³/mol. The van der Waals surface area contributed by atoms with Crippen molar-refractivity contribution in [1.82, 2.24) is 19.0 Å². The Morgan fingerprint density at radius 2 is 1.93 bits per heavy atom. The highest BCUT2D eigenvalue weighted by Crippen LogP contribution is 2.22. The molecule has 146 valence electrons. The Kier molecular flexibility index (Phi) is 5.31. The summed E-state index contributed by atoms with van der Waals surface area (Å²) in [5.74, 6) is -1.80. The highest BCUT2D eigenvalue weighted by molar-refractivity contribution is 7.89. The number of hydrogen-bond donors (Lipinski definition) is 1. The Labute approximate surface area is 156 Å². The number of benzene rings is 1. The SMILES string of the molecule is Cc1ccc(S(=O)(=O)N2CCN(Cc3c(C(=O)O)cnn3C)CC2)c(F)c1. The number of aryl methyl sites for hydroxylation is 2. The van der Waals surface area contributed by atoms with Crippen LogP contribution in [0.5, 0.6) is 0 Å². The zero-order valence-electron chi connectivity index (χ0n) is 15.1. The maximum Gasteiger partial charge on any atom is 0.339 e. The second-order valence-corrected chi connectivity index (χ2v) is 8.45. The van der Waals surface area contributed by atoms with E-state index in [4.69, 9.17) is 0 Å². The monoisotopic (exact) mass is 396 g/mol. The summed E-state index contributed by atoms with van der Waals surface area (Å²) in [5, 5.41) is 13.2. The van der Waals surface area contributed by atoms with Gasteiger partial charge in [-0.25, -0.2) is 17.6 Å². The topological polar surface area (TPSA) is 95.7 Å². The standard InChI is InChI=1S/C17H21FN4O4S/c1-12-3-4-16(14(18)9-12)27(25,26)22-7-5-21(6-8-22)11-15-13(17(23)24)10-19-20(15)2/h3-4,9-10H,5-8,11H2,1-2H3,(H,23,24). The lowest BCUT2D eigenvalue weighted by molar-refractivity contribution is 0.0693. The molecule has 1 aliphatic heterocycles. The van der Waals surface area contributed by atoms with Crippen molar-refractivity contribution in [3.63, 3.8) is 0 Å². The molecule has 1 N–H and O–H groups in total. The molecule has 0 bridgehead atoms. The molecular weight excluding hydrogens is 375 g/mol. The number of hydrogen-bond acceptors (Lipinski definition) is 5. The number of rotatable bonds is 5. The highest BCUT2D eigenvalue weighted by atomic mass is 32.2. The van der Waals surface area contributed by atoms with Crippen molar-refractivity contribution in [1.29, 1.82) is 0 Å². The molecule has 2 aromatic rings. The second kappa shape index (κ2) is 7.37. The molecule has 0 saturated carbocycles. The average molecular weight is 396 g/mol. The fraction of sp³-hybridized carbons (Fsp3) is 0.412. The lowest BCUT2D eigenvalue weighted by Gasteiger charge is -2.34. The third-order valence-corrected chi connectivity index (χ3v) is 6.63. The van der Waals surface area contributed by atoms with Crippen LogP contribution in [-0.2, 0) is 23.6 Å². The fourth-order valence-corrected chi connectivity index (χ4v) is 4.59. The molecule has 1 aliphatic rings. The van der Waals surface area contributed by atoms with Crippen molar-refractivity contribution in [2.24, 2.45) is 7.05 Å². The molecule has 0 aliphatic carbocycles. The molecule has 0 atom stereocenters. The van der Waals surface area contributed by atoms with Crippen LogP contribution in [0.15, 0.2) is 29.3 Å². The van der Waals surface area contributed by atoms with E-state index in [1.807, 2.05) is 4.90 Å². The first-order valence-electron chi connectivity index (χ1n) is 8.43. The maximum atomic E-state index is 14.1. The Balaban J connectivity index is 1.70. The largest absolute Gasteiger partial charge is 0.478 e. The average Bonchev–Trinajstić information content (AvgIpc) is 2.96. The summed E-state index contributed by atoms with van der Waals surface area (Å²) in [5.41, 5.74) is 1.35. The summed E-state index contributed by atoms with van der Waals surface area (Å²) in [6.07, 6.45) is 1.30. The Hall–Kier alpha value is -2.30. The second-order valence-electron chi connectivity index (χ2n) is 6.55. The van der Waals surface area contributed by atoms with Gasteiger partial charge in [0.15, 0.2) is 0 Å². The summed E-state index contributed by atoms with van der Waals surface area (Å²) in [6, 6.07) is 4.07. The first-order valence-corrected chi connectivity index (χ1v) is 9.87. The number of aromatic carboxylic acids is 1. The molecule has 3 rings (SSSR count). The van der Waals surface area contributed by atoms with Crippen molar-refractivity contribution < 1.29 is 22.7 Å². The smallest absolute Gasteiger partial charge is 0.339 e. The van der Waals surface area contributed by atoms with Crippen LogP contribution in [0.2, 0.25) is 0 Å². The van der Waals surface area contributed by atoms with Gasteiger partial charge in [0.05, 0.1) is 11.9 Å². The molecule has 0 radical (unpaired) electrons. The molecule has 1 saturated heterocycles. The van der Waals surface area contributed by atoms with E-state index in [2.05, 4.69) is 5.10 Å². The third kappa shape index (κ3) is 3.87. The van der Waals surface area contributed by atoms with E-state index in [-0.39, 0.29) is 23.5 Å². The van der Waals surface area contributed by atoms with Gasteiger partial charge >= 0.3 is 5.97 Å². The summed E-state index contributed by atoms with van der Waals surface area (Å²) in [6.45, 7) is 3.28. The summed E-state index contributed by atoms with van der Waals surface area (Å²) >= 11 is 0. The van der Waals surface area contributed by atoms with Gasteiger partial charge < -0.3 is 5.11 Å². The summed E-state index contributed by atoms with van der Waals surface area (Å²) < 4.78 is 42.3. The first kappa shape index (κ1) is 19.5. The number of halogens is 1. The third-order valence-electron chi connectivity index (χ3n) is 4.70. The van der Waals surface area contributed by atoms with Gasteiger partial charge in [0.25, 0.3) is 0 Å². The van der Waals surface area contributed by atoms with Gasteiger partial charge in [-0.15, -0.1) is 0 Å². The summed E-state index contributed by atoms with van der Waals surface area (Å²) in [7, 11) is -2.24. The molecule has 10 heteroatoms. The lowest BCUT2D eigenvalue weighted by atomic mass is 10.2. The minimum atomic E-state index is -3.90. The lowest BCUT2D eigenvalue weighted by Crippen LogP contribution is -2.48. The van der Waals surface area contributed by atoms with Crippen LogP contribution in [0.25, 0.3) is 0 Å². The number of nitrogens with zero attached hydrogens (tertiary/aromatic N) is 4. The van der Waals surface area contributed by atoms with Crippen LogP contribution in [-0.4, -0.2) is 64.7 Å². The highest BCUT2D eigenvalue weighted by Gasteiger charge is 2.31. The van der Waals surface area contributed by atoms with Gasteiger partial charge in [0.2, 0.25) is 10.0 Å². The van der Waals surface area contributed by atoms with Crippen LogP contribution in [0.3, 0.4) is 0 Å². The molecular formula is C17H21FN4O4S.